The molecule has 0 heterocycles. The van der Waals surface area contributed by atoms with Crippen molar-refractivity contribution in [2.45, 2.75) is 65.6 Å². The highest BCUT2D eigenvalue weighted by Gasteiger charge is 2.23. The third kappa shape index (κ3) is 4.35. The van der Waals surface area contributed by atoms with Crippen molar-refractivity contribution in [3.8, 4) is 5.75 Å². The molecule has 3 nitrogen and oxygen atoms in total. The van der Waals surface area contributed by atoms with Gasteiger partial charge in [-0.05, 0) is 56.7 Å². The van der Waals surface area contributed by atoms with Crippen LogP contribution in [0.4, 0.5) is 0 Å². The van der Waals surface area contributed by atoms with Crippen LogP contribution in [-0.4, -0.2) is 29.0 Å². The smallest absolute Gasteiger partial charge is 0.123 e. The summed E-state index contributed by atoms with van der Waals surface area (Å²) < 4.78 is 5.74. The number of aliphatic hydroxyl groups excluding tert-OH is 2. The SMILES string of the molecule is CCOc1cc(C)c(Cl)c(C)c1C(C)CC(O)C(O)CC. The summed E-state index contributed by atoms with van der Waals surface area (Å²) in [6, 6.07) is 1.95. The Morgan fingerprint density at radius 3 is 2.33 bits per heavy atom. The van der Waals surface area contributed by atoms with E-state index in [1.807, 2.05) is 40.7 Å². The molecule has 0 aromatic heterocycles. The zero-order chi connectivity index (χ0) is 16.2. The third-order valence-electron chi connectivity index (χ3n) is 3.94. The number of aryl methyl sites for hydroxylation is 1. The summed E-state index contributed by atoms with van der Waals surface area (Å²) in [4.78, 5) is 0. The van der Waals surface area contributed by atoms with Crippen molar-refractivity contribution in [2.24, 2.45) is 0 Å². The Morgan fingerprint density at radius 2 is 1.81 bits per heavy atom. The first-order valence-corrected chi connectivity index (χ1v) is 7.99. The summed E-state index contributed by atoms with van der Waals surface area (Å²) in [7, 11) is 0. The minimum absolute atomic E-state index is 0.0563. The van der Waals surface area contributed by atoms with Crippen molar-refractivity contribution in [3.63, 3.8) is 0 Å². The molecule has 0 spiro atoms. The van der Waals surface area contributed by atoms with E-state index in [0.717, 1.165) is 27.5 Å². The maximum atomic E-state index is 10.1. The standard InChI is InChI=1S/C17H27ClO3/c1-6-13(19)14(20)8-10(3)16-12(5)17(18)11(4)9-15(16)21-7-2/h9-10,13-14,19-20H,6-8H2,1-5H3. The fourth-order valence-corrected chi connectivity index (χ4v) is 2.89. The summed E-state index contributed by atoms with van der Waals surface area (Å²) in [6.45, 7) is 10.4. The van der Waals surface area contributed by atoms with Gasteiger partial charge >= 0.3 is 0 Å². The van der Waals surface area contributed by atoms with Crippen molar-refractivity contribution in [1.29, 1.82) is 0 Å². The van der Waals surface area contributed by atoms with Gasteiger partial charge in [0.2, 0.25) is 0 Å². The molecule has 120 valence electrons. The highest BCUT2D eigenvalue weighted by Crippen LogP contribution is 2.38. The average Bonchev–Trinajstić information content (AvgIpc) is 2.44. The van der Waals surface area contributed by atoms with E-state index in [4.69, 9.17) is 16.3 Å². The lowest BCUT2D eigenvalue weighted by atomic mass is 9.88. The molecule has 0 amide bonds. The summed E-state index contributed by atoms with van der Waals surface area (Å²) in [5, 5.41) is 20.6. The van der Waals surface area contributed by atoms with Crippen molar-refractivity contribution in [1.82, 2.24) is 0 Å². The van der Waals surface area contributed by atoms with E-state index in [9.17, 15) is 10.2 Å². The number of benzene rings is 1. The second-order valence-electron chi connectivity index (χ2n) is 5.66. The quantitative estimate of drug-likeness (QED) is 0.800. The van der Waals surface area contributed by atoms with Gasteiger partial charge in [-0.25, -0.2) is 0 Å². The molecule has 0 saturated heterocycles. The Balaban J connectivity index is 3.12. The van der Waals surface area contributed by atoms with Crippen LogP contribution in [0.2, 0.25) is 5.02 Å². The Morgan fingerprint density at radius 1 is 1.19 bits per heavy atom. The van der Waals surface area contributed by atoms with Gasteiger partial charge in [-0.2, -0.15) is 0 Å². The van der Waals surface area contributed by atoms with E-state index in [2.05, 4.69) is 0 Å². The summed E-state index contributed by atoms with van der Waals surface area (Å²) in [5.74, 6) is 0.878. The van der Waals surface area contributed by atoms with Crippen molar-refractivity contribution in [2.75, 3.05) is 6.61 Å². The zero-order valence-electron chi connectivity index (χ0n) is 13.6. The van der Waals surface area contributed by atoms with Gasteiger partial charge in [0.05, 0.1) is 18.8 Å². The van der Waals surface area contributed by atoms with Crippen molar-refractivity contribution < 1.29 is 14.9 Å². The molecular weight excluding hydrogens is 288 g/mol. The molecule has 0 fully saturated rings. The maximum absolute atomic E-state index is 10.1. The molecule has 0 bridgehead atoms. The number of hydrogen-bond acceptors (Lipinski definition) is 3. The predicted octanol–water partition coefficient (Wildman–Crippen LogP) is 3.98. The second kappa shape index (κ2) is 8.02. The van der Waals surface area contributed by atoms with Gasteiger partial charge in [0.1, 0.15) is 5.75 Å². The lowest BCUT2D eigenvalue weighted by molar-refractivity contribution is 0.00939. The minimum Gasteiger partial charge on any atom is -0.494 e. The Kier molecular flexibility index (Phi) is 6.98. The monoisotopic (exact) mass is 314 g/mol. The number of halogens is 1. The molecular formula is C17H27ClO3. The van der Waals surface area contributed by atoms with Gasteiger partial charge in [-0.3, -0.25) is 0 Å². The molecule has 1 aromatic rings. The molecule has 0 saturated carbocycles. The first-order valence-electron chi connectivity index (χ1n) is 7.61. The normalized spacial score (nSPS) is 15.6. The van der Waals surface area contributed by atoms with E-state index < -0.39 is 12.2 Å². The van der Waals surface area contributed by atoms with E-state index in [-0.39, 0.29) is 5.92 Å². The molecule has 2 N–H and O–H groups in total. The largest absolute Gasteiger partial charge is 0.494 e. The lowest BCUT2D eigenvalue weighted by Crippen LogP contribution is -2.26. The van der Waals surface area contributed by atoms with Crippen LogP contribution >= 0.6 is 11.6 Å². The molecule has 0 aliphatic carbocycles. The zero-order valence-corrected chi connectivity index (χ0v) is 14.4. The third-order valence-corrected chi connectivity index (χ3v) is 4.52. The van der Waals surface area contributed by atoms with Crippen LogP contribution in [0, 0.1) is 13.8 Å². The number of hydrogen-bond donors (Lipinski definition) is 2. The first kappa shape index (κ1) is 18.3. The van der Waals surface area contributed by atoms with Crippen LogP contribution in [-0.2, 0) is 0 Å². The lowest BCUT2D eigenvalue weighted by Gasteiger charge is -2.24. The topological polar surface area (TPSA) is 49.7 Å². The number of aliphatic hydroxyl groups is 2. The fraction of sp³-hybridized carbons (Fsp3) is 0.647. The van der Waals surface area contributed by atoms with E-state index in [0.29, 0.717) is 19.4 Å². The minimum atomic E-state index is -0.737. The van der Waals surface area contributed by atoms with E-state index >= 15 is 0 Å². The Hall–Kier alpha value is -0.770. The van der Waals surface area contributed by atoms with E-state index in [1.54, 1.807) is 0 Å². The van der Waals surface area contributed by atoms with Gasteiger partial charge in [0, 0.05) is 10.6 Å². The fourth-order valence-electron chi connectivity index (χ4n) is 2.73. The number of rotatable bonds is 7. The van der Waals surface area contributed by atoms with Crippen molar-refractivity contribution >= 4 is 11.6 Å². The summed E-state index contributed by atoms with van der Waals surface area (Å²) in [5.41, 5.74) is 3.00. The second-order valence-corrected chi connectivity index (χ2v) is 6.03. The highest BCUT2D eigenvalue weighted by molar-refractivity contribution is 6.32. The van der Waals surface area contributed by atoms with Crippen LogP contribution in [0.3, 0.4) is 0 Å². The number of ether oxygens (including phenoxy) is 1. The summed E-state index contributed by atoms with van der Waals surface area (Å²) >= 11 is 6.36. The highest BCUT2D eigenvalue weighted by atomic mass is 35.5. The van der Waals surface area contributed by atoms with Crippen molar-refractivity contribution in [3.05, 3.63) is 27.8 Å². The molecule has 0 aliphatic rings. The Labute approximate surface area is 132 Å². The molecule has 0 radical (unpaired) electrons. The molecule has 0 aliphatic heterocycles. The van der Waals surface area contributed by atoms with Crippen LogP contribution in [0.5, 0.6) is 5.75 Å². The summed E-state index contributed by atoms with van der Waals surface area (Å²) in [6.07, 6.45) is -0.405. The van der Waals surface area contributed by atoms with Gasteiger partial charge in [0.15, 0.2) is 0 Å². The van der Waals surface area contributed by atoms with Crippen LogP contribution < -0.4 is 4.74 Å². The van der Waals surface area contributed by atoms with Gasteiger partial charge in [0.25, 0.3) is 0 Å². The van der Waals surface area contributed by atoms with Gasteiger partial charge in [-0.1, -0.05) is 25.4 Å². The van der Waals surface area contributed by atoms with Gasteiger partial charge < -0.3 is 14.9 Å². The van der Waals surface area contributed by atoms with Crippen LogP contribution in [0.1, 0.15) is 56.2 Å². The average molecular weight is 315 g/mol. The molecule has 21 heavy (non-hydrogen) atoms. The maximum Gasteiger partial charge on any atom is 0.123 e. The Bertz CT molecular complexity index is 474. The predicted molar refractivity (Wildman–Crippen MR) is 87.4 cm³/mol. The molecule has 4 heteroatoms. The van der Waals surface area contributed by atoms with Crippen LogP contribution in [0.25, 0.3) is 0 Å². The first-order chi connectivity index (χ1) is 9.83. The van der Waals surface area contributed by atoms with E-state index in [1.165, 1.54) is 0 Å². The molecule has 1 rings (SSSR count). The van der Waals surface area contributed by atoms with Crippen LogP contribution in [0.15, 0.2) is 6.07 Å². The van der Waals surface area contributed by atoms with Gasteiger partial charge in [-0.15, -0.1) is 0 Å². The molecule has 3 atom stereocenters. The molecule has 3 unspecified atom stereocenters. The molecule has 1 aromatic carbocycles.